The topological polar surface area (TPSA) is 81.3 Å². The van der Waals surface area contributed by atoms with E-state index in [9.17, 15) is 4.79 Å². The number of fused-ring (bicyclic) bond motifs is 1. The summed E-state index contributed by atoms with van der Waals surface area (Å²) in [7, 11) is 0. The van der Waals surface area contributed by atoms with Crippen LogP contribution in [0.2, 0.25) is 0 Å². The minimum Gasteiger partial charge on any atom is -0.493 e. The first kappa shape index (κ1) is 14.3. The highest BCUT2D eigenvalue weighted by atomic mass is 16.5. The minimum atomic E-state index is -0.461. The molecule has 0 bridgehead atoms. The molecule has 1 aliphatic rings. The lowest BCUT2D eigenvalue weighted by Crippen LogP contribution is -2.40. The van der Waals surface area contributed by atoms with Gasteiger partial charge in [-0.1, -0.05) is 0 Å². The van der Waals surface area contributed by atoms with Crippen LogP contribution in [0.5, 0.6) is 5.75 Å². The maximum absolute atomic E-state index is 11.5. The lowest BCUT2D eigenvalue weighted by Gasteiger charge is -2.27. The molecule has 6 nitrogen and oxygen atoms in total. The number of nitrogens with two attached hydrogens (primary N) is 1. The number of primary amides is 1. The van der Waals surface area contributed by atoms with Crippen LogP contribution in [0.4, 0.5) is 10.6 Å². The van der Waals surface area contributed by atoms with Crippen LogP contribution in [0.3, 0.4) is 0 Å². The molecule has 114 valence electrons. The van der Waals surface area contributed by atoms with Crippen molar-refractivity contribution in [2.75, 3.05) is 18.1 Å². The van der Waals surface area contributed by atoms with Crippen molar-refractivity contribution in [3.8, 4) is 16.9 Å². The predicted molar refractivity (Wildman–Crippen MR) is 83.9 cm³/mol. The number of rotatable bonds is 3. The molecule has 2 aromatic heterocycles. The fourth-order valence-corrected chi connectivity index (χ4v) is 2.71. The van der Waals surface area contributed by atoms with E-state index in [1.165, 1.54) is 4.90 Å². The molecule has 3 heterocycles. The summed E-state index contributed by atoms with van der Waals surface area (Å²) < 4.78 is 5.64. The van der Waals surface area contributed by atoms with Crippen molar-refractivity contribution < 1.29 is 9.53 Å². The number of hydrogen-bond acceptors (Lipinski definition) is 4. The molecule has 0 atom stereocenters. The summed E-state index contributed by atoms with van der Waals surface area (Å²) in [5.74, 6) is 1.44. The van der Waals surface area contributed by atoms with Gasteiger partial charge in [-0.2, -0.15) is 0 Å². The number of carbonyl (C=O) groups excluding carboxylic acids is 1. The number of anilines is 1. The van der Waals surface area contributed by atoms with E-state index in [4.69, 9.17) is 10.5 Å². The van der Waals surface area contributed by atoms with Gasteiger partial charge in [0.05, 0.1) is 6.61 Å². The van der Waals surface area contributed by atoms with Gasteiger partial charge in [0.2, 0.25) is 0 Å². The quantitative estimate of drug-likeness (QED) is 0.943. The summed E-state index contributed by atoms with van der Waals surface area (Å²) in [6.07, 6.45) is 6.97. The number of carbonyl (C=O) groups is 1. The molecule has 2 aromatic rings. The molecule has 0 aromatic carbocycles. The van der Waals surface area contributed by atoms with Gasteiger partial charge >= 0.3 is 6.03 Å². The second-order valence-electron chi connectivity index (χ2n) is 5.10. The lowest BCUT2D eigenvalue weighted by atomic mass is 10.0. The number of urea groups is 1. The Balaban J connectivity index is 2.03. The third-order valence-electron chi connectivity index (χ3n) is 3.68. The molecular weight excluding hydrogens is 280 g/mol. The Labute approximate surface area is 128 Å². The zero-order valence-electron chi connectivity index (χ0n) is 12.5. The first-order valence-electron chi connectivity index (χ1n) is 7.33. The number of aromatic nitrogens is 2. The SMILES string of the molecule is CCOc1ccncc1-c1cnc2c(c1)CCCN2C(N)=O. The first-order chi connectivity index (χ1) is 10.7. The molecule has 0 spiro atoms. The molecule has 0 aliphatic carbocycles. The highest BCUT2D eigenvalue weighted by molar-refractivity contribution is 5.91. The second kappa shape index (κ2) is 6.01. The summed E-state index contributed by atoms with van der Waals surface area (Å²) in [6.45, 7) is 3.15. The maximum Gasteiger partial charge on any atom is 0.320 e. The summed E-state index contributed by atoms with van der Waals surface area (Å²) in [6, 6.07) is 3.42. The van der Waals surface area contributed by atoms with Crippen LogP contribution in [0.15, 0.2) is 30.7 Å². The largest absolute Gasteiger partial charge is 0.493 e. The normalized spacial score (nSPS) is 13.6. The molecular formula is C16H18N4O2. The first-order valence-corrected chi connectivity index (χ1v) is 7.33. The smallest absolute Gasteiger partial charge is 0.320 e. The van der Waals surface area contributed by atoms with Gasteiger partial charge in [-0.15, -0.1) is 0 Å². The number of aryl methyl sites for hydroxylation is 1. The fourth-order valence-electron chi connectivity index (χ4n) is 2.71. The summed E-state index contributed by atoms with van der Waals surface area (Å²) in [5.41, 5.74) is 8.26. The minimum absolute atomic E-state index is 0.461. The van der Waals surface area contributed by atoms with Gasteiger partial charge < -0.3 is 10.5 Å². The second-order valence-corrected chi connectivity index (χ2v) is 5.10. The third-order valence-corrected chi connectivity index (χ3v) is 3.68. The van der Waals surface area contributed by atoms with Crippen molar-refractivity contribution in [3.05, 3.63) is 36.3 Å². The molecule has 22 heavy (non-hydrogen) atoms. The van der Waals surface area contributed by atoms with Gasteiger partial charge in [-0.25, -0.2) is 9.78 Å². The molecule has 6 heteroatoms. The van der Waals surface area contributed by atoms with E-state index in [2.05, 4.69) is 9.97 Å². The molecule has 2 N–H and O–H groups in total. The summed E-state index contributed by atoms with van der Waals surface area (Å²) in [5, 5.41) is 0. The monoisotopic (exact) mass is 298 g/mol. The van der Waals surface area contributed by atoms with E-state index >= 15 is 0 Å². The van der Waals surface area contributed by atoms with E-state index in [-0.39, 0.29) is 0 Å². The Morgan fingerprint density at radius 1 is 1.45 bits per heavy atom. The molecule has 0 fully saturated rings. The van der Waals surface area contributed by atoms with Crippen LogP contribution in [-0.2, 0) is 6.42 Å². The Hall–Kier alpha value is -2.63. The van der Waals surface area contributed by atoms with Crippen molar-refractivity contribution in [3.63, 3.8) is 0 Å². The van der Waals surface area contributed by atoms with E-state index in [0.717, 1.165) is 35.3 Å². The van der Waals surface area contributed by atoms with Crippen LogP contribution >= 0.6 is 0 Å². The molecule has 2 amide bonds. The van der Waals surface area contributed by atoms with Gasteiger partial charge in [-0.3, -0.25) is 9.88 Å². The standard InChI is InChI=1S/C16H18N4O2/c1-2-22-14-5-6-18-10-13(14)12-8-11-4-3-7-20(16(17)21)15(11)19-9-12/h5-6,8-10H,2-4,7H2,1H3,(H2,17,21). The van der Waals surface area contributed by atoms with Gasteiger partial charge in [0.1, 0.15) is 11.6 Å². The van der Waals surface area contributed by atoms with Crippen molar-refractivity contribution in [1.82, 2.24) is 9.97 Å². The molecule has 0 saturated carbocycles. The van der Waals surface area contributed by atoms with E-state index < -0.39 is 6.03 Å². The number of nitrogens with zero attached hydrogens (tertiary/aromatic N) is 3. The van der Waals surface area contributed by atoms with Crippen molar-refractivity contribution in [1.29, 1.82) is 0 Å². The predicted octanol–water partition coefficient (Wildman–Crippen LogP) is 2.37. The van der Waals surface area contributed by atoms with E-state index in [1.54, 1.807) is 18.6 Å². The summed E-state index contributed by atoms with van der Waals surface area (Å²) >= 11 is 0. The van der Waals surface area contributed by atoms with Crippen LogP contribution in [0.1, 0.15) is 18.9 Å². The van der Waals surface area contributed by atoms with Crippen LogP contribution in [0, 0.1) is 0 Å². The average Bonchev–Trinajstić information content (AvgIpc) is 2.54. The lowest BCUT2D eigenvalue weighted by molar-refractivity contribution is 0.253. The van der Waals surface area contributed by atoms with Crippen molar-refractivity contribution >= 4 is 11.8 Å². The fraction of sp³-hybridized carbons (Fsp3) is 0.312. The highest BCUT2D eigenvalue weighted by Crippen LogP contribution is 2.33. The zero-order valence-corrected chi connectivity index (χ0v) is 12.5. The molecule has 0 unspecified atom stereocenters. The number of ether oxygens (including phenoxy) is 1. The molecule has 0 saturated heterocycles. The van der Waals surface area contributed by atoms with Crippen molar-refractivity contribution in [2.24, 2.45) is 5.73 Å². The molecule has 0 radical (unpaired) electrons. The Morgan fingerprint density at radius 2 is 2.32 bits per heavy atom. The highest BCUT2D eigenvalue weighted by Gasteiger charge is 2.22. The van der Waals surface area contributed by atoms with Gasteiger partial charge in [0.25, 0.3) is 0 Å². The molecule has 3 rings (SSSR count). The Kier molecular flexibility index (Phi) is 3.91. The van der Waals surface area contributed by atoms with E-state index in [1.807, 2.05) is 19.1 Å². The van der Waals surface area contributed by atoms with Gasteiger partial charge in [0.15, 0.2) is 0 Å². The Morgan fingerprint density at radius 3 is 3.09 bits per heavy atom. The maximum atomic E-state index is 11.5. The van der Waals surface area contributed by atoms with Gasteiger partial charge in [0, 0.05) is 36.3 Å². The zero-order chi connectivity index (χ0) is 15.5. The van der Waals surface area contributed by atoms with Crippen molar-refractivity contribution in [2.45, 2.75) is 19.8 Å². The summed E-state index contributed by atoms with van der Waals surface area (Å²) in [4.78, 5) is 21.6. The number of hydrogen-bond donors (Lipinski definition) is 1. The van der Waals surface area contributed by atoms with Crippen LogP contribution in [-0.4, -0.2) is 29.2 Å². The van der Waals surface area contributed by atoms with Gasteiger partial charge in [-0.05, 0) is 37.5 Å². The van der Waals surface area contributed by atoms with E-state index in [0.29, 0.717) is 19.0 Å². The average molecular weight is 298 g/mol. The van der Waals surface area contributed by atoms with Crippen LogP contribution in [0.25, 0.3) is 11.1 Å². The molecule has 1 aliphatic heterocycles. The number of amides is 2. The van der Waals surface area contributed by atoms with Crippen LogP contribution < -0.4 is 15.4 Å². The Bertz CT molecular complexity index is 702. The third kappa shape index (κ3) is 2.59. The number of pyridine rings is 2.